The lowest BCUT2D eigenvalue weighted by Crippen LogP contribution is -2.12. The first-order valence-electron chi connectivity index (χ1n) is 10.6. The second kappa shape index (κ2) is 9.53. The highest BCUT2D eigenvalue weighted by atomic mass is 16.6. The van der Waals surface area contributed by atoms with Gasteiger partial charge < -0.3 is 10.1 Å². The molecule has 172 valence electrons. The summed E-state index contributed by atoms with van der Waals surface area (Å²) in [5.74, 6) is 0.836. The van der Waals surface area contributed by atoms with Crippen LogP contribution in [0.25, 0.3) is 0 Å². The molecule has 0 aliphatic heterocycles. The van der Waals surface area contributed by atoms with Crippen molar-refractivity contribution in [2.45, 2.75) is 27.3 Å². The van der Waals surface area contributed by atoms with Crippen LogP contribution in [0.5, 0.6) is 11.6 Å². The normalized spacial score (nSPS) is 10.7. The van der Waals surface area contributed by atoms with E-state index in [4.69, 9.17) is 4.74 Å². The number of benzene rings is 2. The molecule has 2 heterocycles. The van der Waals surface area contributed by atoms with E-state index in [0.717, 1.165) is 11.1 Å². The van der Waals surface area contributed by atoms with Crippen LogP contribution in [0, 0.1) is 30.9 Å². The third-order valence-corrected chi connectivity index (χ3v) is 5.31. The maximum Gasteiger partial charge on any atom is 0.312 e. The van der Waals surface area contributed by atoms with Gasteiger partial charge in [0, 0.05) is 11.6 Å². The van der Waals surface area contributed by atoms with Crippen LogP contribution in [0.15, 0.2) is 66.9 Å². The number of amides is 1. The Morgan fingerprint density at radius 3 is 2.32 bits per heavy atom. The van der Waals surface area contributed by atoms with E-state index in [1.54, 1.807) is 54.9 Å². The van der Waals surface area contributed by atoms with Crippen LogP contribution in [0.2, 0.25) is 0 Å². The molecule has 1 amide bonds. The third kappa shape index (κ3) is 5.09. The van der Waals surface area contributed by atoms with Gasteiger partial charge in [0.2, 0.25) is 5.88 Å². The van der Waals surface area contributed by atoms with Crippen LogP contribution < -0.4 is 10.1 Å². The maximum atomic E-state index is 12.6. The molecule has 1 N–H and O–H groups in total. The Labute approximate surface area is 196 Å². The van der Waals surface area contributed by atoms with Gasteiger partial charge in [-0.1, -0.05) is 29.8 Å². The molecule has 9 heteroatoms. The van der Waals surface area contributed by atoms with Crippen LogP contribution in [0.1, 0.15) is 32.9 Å². The molecule has 2 aromatic carbocycles. The third-order valence-electron chi connectivity index (χ3n) is 5.31. The predicted octanol–water partition coefficient (Wildman–Crippen LogP) is 5.20. The number of aryl methyl sites for hydroxylation is 2. The lowest BCUT2D eigenvalue weighted by atomic mass is 10.1. The lowest BCUT2D eigenvalue weighted by Gasteiger charge is -2.08. The summed E-state index contributed by atoms with van der Waals surface area (Å²) in [6, 6.07) is 18.1. The number of nitrogens with zero attached hydrogens (tertiary/aromatic N) is 4. The SMILES string of the molecule is Cc1ccc(Oc2ccc(NC(=O)c3ccc(Cn4nc(C)c([N+](=O)[O-])c4C)cc3)cn2)cc1. The Kier molecular flexibility index (Phi) is 6.35. The highest BCUT2D eigenvalue weighted by Crippen LogP contribution is 2.23. The monoisotopic (exact) mass is 457 g/mol. The molecule has 0 saturated heterocycles. The standard InChI is InChI=1S/C25H23N5O4/c1-16-4-11-22(12-5-16)34-23-13-10-21(14-26-23)27-25(31)20-8-6-19(7-9-20)15-29-18(3)24(30(32)33)17(2)28-29/h4-14H,15H2,1-3H3,(H,27,31). The first-order chi connectivity index (χ1) is 16.3. The molecule has 2 aromatic heterocycles. The second-order valence-electron chi connectivity index (χ2n) is 7.89. The summed E-state index contributed by atoms with van der Waals surface area (Å²) in [5, 5.41) is 18.3. The molecule has 9 nitrogen and oxygen atoms in total. The highest BCUT2D eigenvalue weighted by Gasteiger charge is 2.21. The maximum absolute atomic E-state index is 12.6. The van der Waals surface area contributed by atoms with Crippen molar-refractivity contribution in [2.24, 2.45) is 0 Å². The summed E-state index contributed by atoms with van der Waals surface area (Å²) in [7, 11) is 0. The Morgan fingerprint density at radius 2 is 1.74 bits per heavy atom. The first kappa shape index (κ1) is 22.7. The summed E-state index contributed by atoms with van der Waals surface area (Å²) in [6.45, 7) is 5.66. The van der Waals surface area contributed by atoms with Crippen molar-refractivity contribution in [1.29, 1.82) is 0 Å². The molecule has 0 aliphatic carbocycles. The van der Waals surface area contributed by atoms with Crippen LogP contribution >= 0.6 is 0 Å². The van der Waals surface area contributed by atoms with Crippen LogP contribution in [0.4, 0.5) is 11.4 Å². The minimum Gasteiger partial charge on any atom is -0.439 e. The highest BCUT2D eigenvalue weighted by molar-refractivity contribution is 6.04. The van der Waals surface area contributed by atoms with Gasteiger partial charge in [-0.2, -0.15) is 5.10 Å². The number of anilines is 1. The summed E-state index contributed by atoms with van der Waals surface area (Å²) < 4.78 is 7.29. The summed E-state index contributed by atoms with van der Waals surface area (Å²) in [4.78, 5) is 27.6. The van der Waals surface area contributed by atoms with Gasteiger partial charge in [-0.15, -0.1) is 0 Å². The van der Waals surface area contributed by atoms with Gasteiger partial charge >= 0.3 is 5.69 Å². The summed E-state index contributed by atoms with van der Waals surface area (Å²) in [6.07, 6.45) is 1.53. The molecule has 0 fully saturated rings. The van der Waals surface area contributed by atoms with E-state index in [-0.39, 0.29) is 11.6 Å². The van der Waals surface area contributed by atoms with Crippen molar-refractivity contribution in [3.05, 3.63) is 105 Å². The molecule has 0 bridgehead atoms. The molecule has 4 rings (SSSR count). The Balaban J connectivity index is 1.38. The van der Waals surface area contributed by atoms with Crippen molar-refractivity contribution >= 4 is 17.3 Å². The molecule has 0 saturated carbocycles. The predicted molar refractivity (Wildman–Crippen MR) is 127 cm³/mol. The summed E-state index contributed by atoms with van der Waals surface area (Å²) in [5.41, 5.74) is 3.93. The van der Waals surface area contributed by atoms with Crippen LogP contribution in [0.3, 0.4) is 0 Å². The van der Waals surface area contributed by atoms with E-state index in [0.29, 0.717) is 40.8 Å². The van der Waals surface area contributed by atoms with Crippen LogP contribution in [-0.2, 0) is 6.54 Å². The molecular weight excluding hydrogens is 434 g/mol. The average Bonchev–Trinajstić information content (AvgIpc) is 3.10. The number of nitrogens with one attached hydrogen (secondary N) is 1. The largest absolute Gasteiger partial charge is 0.439 e. The zero-order valence-corrected chi connectivity index (χ0v) is 19.0. The van der Waals surface area contributed by atoms with Gasteiger partial charge in [-0.3, -0.25) is 19.6 Å². The fourth-order valence-electron chi connectivity index (χ4n) is 3.49. The zero-order chi connectivity index (χ0) is 24.2. The molecule has 0 atom stereocenters. The Bertz CT molecular complexity index is 1330. The number of aromatic nitrogens is 3. The lowest BCUT2D eigenvalue weighted by molar-refractivity contribution is -0.386. The van der Waals surface area contributed by atoms with Gasteiger partial charge in [0.1, 0.15) is 17.1 Å². The Morgan fingerprint density at radius 1 is 1.03 bits per heavy atom. The van der Waals surface area contributed by atoms with Crippen molar-refractivity contribution in [2.75, 3.05) is 5.32 Å². The molecule has 0 radical (unpaired) electrons. The first-order valence-corrected chi connectivity index (χ1v) is 10.6. The summed E-state index contributed by atoms with van der Waals surface area (Å²) >= 11 is 0. The van der Waals surface area contributed by atoms with Gasteiger partial charge in [0.25, 0.3) is 5.91 Å². The minimum atomic E-state index is -0.419. The van der Waals surface area contributed by atoms with E-state index in [1.807, 2.05) is 31.2 Å². The van der Waals surface area contributed by atoms with E-state index >= 15 is 0 Å². The van der Waals surface area contributed by atoms with Crippen LogP contribution in [-0.4, -0.2) is 25.6 Å². The number of nitro groups is 1. The smallest absolute Gasteiger partial charge is 0.312 e. The van der Waals surface area contributed by atoms with Crippen molar-refractivity contribution < 1.29 is 14.5 Å². The van der Waals surface area contributed by atoms with E-state index in [1.165, 1.54) is 6.20 Å². The van der Waals surface area contributed by atoms with Gasteiger partial charge in [-0.25, -0.2) is 4.98 Å². The number of pyridine rings is 1. The van der Waals surface area contributed by atoms with E-state index in [9.17, 15) is 14.9 Å². The Hall–Kier alpha value is -4.53. The average molecular weight is 457 g/mol. The number of rotatable bonds is 7. The quantitative estimate of drug-likeness (QED) is 0.301. The van der Waals surface area contributed by atoms with Crippen molar-refractivity contribution in [3.8, 4) is 11.6 Å². The number of hydrogen-bond donors (Lipinski definition) is 1. The minimum absolute atomic E-state index is 0.0277. The van der Waals surface area contributed by atoms with E-state index in [2.05, 4.69) is 15.4 Å². The number of carbonyl (C=O) groups is 1. The van der Waals surface area contributed by atoms with Gasteiger partial charge in [0.05, 0.1) is 23.4 Å². The molecule has 34 heavy (non-hydrogen) atoms. The molecule has 4 aromatic rings. The van der Waals surface area contributed by atoms with Gasteiger partial charge in [0.15, 0.2) is 0 Å². The van der Waals surface area contributed by atoms with Crippen molar-refractivity contribution in [1.82, 2.24) is 14.8 Å². The number of carbonyl (C=O) groups excluding carboxylic acids is 1. The molecular formula is C25H23N5O4. The van der Waals surface area contributed by atoms with E-state index < -0.39 is 4.92 Å². The molecule has 0 unspecified atom stereocenters. The molecule has 0 aliphatic rings. The fraction of sp³-hybridized carbons (Fsp3) is 0.160. The van der Waals surface area contributed by atoms with Gasteiger partial charge in [-0.05, 0) is 56.7 Å². The second-order valence-corrected chi connectivity index (χ2v) is 7.89. The fourth-order valence-corrected chi connectivity index (χ4v) is 3.49. The van der Waals surface area contributed by atoms with Crippen molar-refractivity contribution in [3.63, 3.8) is 0 Å². The number of ether oxygens (including phenoxy) is 1. The topological polar surface area (TPSA) is 112 Å². The molecule has 0 spiro atoms. The number of hydrogen-bond acceptors (Lipinski definition) is 6. The zero-order valence-electron chi connectivity index (χ0n) is 19.0.